The molecule has 2 nitrogen and oxygen atoms in total. The zero-order chi connectivity index (χ0) is 5.86. The van der Waals surface area contributed by atoms with Crippen LogP contribution in [0.2, 0.25) is 0 Å². The molecule has 0 saturated carbocycles. The van der Waals surface area contributed by atoms with Gasteiger partial charge in [0, 0.05) is 0 Å². The zero-order valence-corrected chi connectivity index (χ0v) is 4.77. The van der Waals surface area contributed by atoms with Gasteiger partial charge < -0.3 is 5.11 Å². The van der Waals surface area contributed by atoms with Crippen molar-refractivity contribution in [2.75, 3.05) is 6.61 Å². The highest BCUT2D eigenvalue weighted by atomic mass is 35.5. The lowest BCUT2D eigenvalue weighted by Gasteiger charge is -1.94. The predicted molar refractivity (Wildman–Crippen MR) is 27.4 cm³/mol. The Balaban J connectivity index is 3.34. The van der Waals surface area contributed by atoms with Crippen LogP contribution in [0, 0.1) is 0 Å². The number of ketones is 1. The van der Waals surface area contributed by atoms with Gasteiger partial charge in [0.1, 0.15) is 11.2 Å². The summed E-state index contributed by atoms with van der Waals surface area (Å²) < 4.78 is 0. The van der Waals surface area contributed by atoms with Crippen molar-refractivity contribution in [2.24, 2.45) is 0 Å². The van der Waals surface area contributed by atoms with Crippen LogP contribution in [0.4, 0.5) is 0 Å². The number of aliphatic hydroxyl groups is 1. The minimum atomic E-state index is -0.708. The van der Waals surface area contributed by atoms with Gasteiger partial charge in [0.05, 0.1) is 6.61 Å². The quantitative estimate of drug-likeness (QED) is 0.531. The van der Waals surface area contributed by atoms with Gasteiger partial charge in [-0.1, -0.05) is 0 Å². The Morgan fingerprint density at radius 3 is 2.43 bits per heavy atom. The Morgan fingerprint density at radius 1 is 2.00 bits per heavy atom. The lowest BCUT2D eigenvalue weighted by atomic mass is 10.3. The highest BCUT2D eigenvalue weighted by Crippen LogP contribution is 1.92. The summed E-state index contributed by atoms with van der Waals surface area (Å²) in [5.41, 5.74) is 0. The zero-order valence-electron chi connectivity index (χ0n) is 4.02. The molecule has 1 unspecified atom stereocenters. The van der Waals surface area contributed by atoms with Crippen LogP contribution in [0.15, 0.2) is 0 Å². The maximum Gasteiger partial charge on any atom is 0.149 e. The van der Waals surface area contributed by atoms with Gasteiger partial charge in [-0.15, -0.1) is 11.6 Å². The first-order chi connectivity index (χ1) is 3.18. The summed E-state index contributed by atoms with van der Waals surface area (Å²) in [5, 5.41) is 7.44. The van der Waals surface area contributed by atoms with E-state index in [4.69, 9.17) is 16.7 Å². The second kappa shape index (κ2) is 2.99. The number of Topliss-reactive ketones (excluding diaryl/α,β-unsaturated/α-hetero) is 1. The van der Waals surface area contributed by atoms with E-state index in [0.717, 1.165) is 0 Å². The van der Waals surface area contributed by atoms with Gasteiger partial charge in [0.15, 0.2) is 0 Å². The van der Waals surface area contributed by atoms with Gasteiger partial charge in [-0.2, -0.15) is 0 Å². The molecule has 0 aliphatic heterocycles. The summed E-state index contributed by atoms with van der Waals surface area (Å²) in [5.74, 6) is -0.191. The van der Waals surface area contributed by atoms with Crippen LogP contribution in [0.25, 0.3) is 0 Å². The lowest BCUT2D eigenvalue weighted by molar-refractivity contribution is -0.117. The molecular formula is C4H7ClO2. The predicted octanol–water partition coefficient (Wildman–Crippen LogP) is 0.175. The van der Waals surface area contributed by atoms with Gasteiger partial charge in [0.2, 0.25) is 0 Å². The largest absolute Gasteiger partial charge is 0.394 e. The van der Waals surface area contributed by atoms with E-state index in [2.05, 4.69) is 0 Å². The molecular weight excluding hydrogens is 115 g/mol. The summed E-state index contributed by atoms with van der Waals surface area (Å²) in [6, 6.07) is 0. The first-order valence-corrected chi connectivity index (χ1v) is 2.37. The first kappa shape index (κ1) is 6.92. The smallest absolute Gasteiger partial charge is 0.149 e. The van der Waals surface area contributed by atoms with Crippen LogP contribution in [-0.2, 0) is 4.79 Å². The number of rotatable bonds is 2. The van der Waals surface area contributed by atoms with Crippen molar-refractivity contribution in [3.8, 4) is 0 Å². The van der Waals surface area contributed by atoms with Crippen molar-refractivity contribution < 1.29 is 9.90 Å². The Kier molecular flexibility index (Phi) is 2.96. The molecule has 3 heteroatoms. The van der Waals surface area contributed by atoms with E-state index in [1.807, 2.05) is 0 Å². The summed E-state index contributed by atoms with van der Waals surface area (Å²) in [6.07, 6.45) is 0. The standard InChI is InChI=1S/C4H7ClO2/c1-3(7)4(5)2-6/h4,6H,2H2,1H3. The summed E-state index contributed by atoms with van der Waals surface area (Å²) in [7, 11) is 0. The molecule has 0 amide bonds. The van der Waals surface area contributed by atoms with Crippen molar-refractivity contribution in [2.45, 2.75) is 12.3 Å². The fourth-order valence-electron chi connectivity index (χ4n) is 0.129. The fraction of sp³-hybridized carbons (Fsp3) is 0.750. The number of carbonyl (C=O) groups is 1. The van der Waals surface area contributed by atoms with Crippen LogP contribution in [0.5, 0.6) is 0 Å². The molecule has 0 aromatic rings. The van der Waals surface area contributed by atoms with Crippen molar-refractivity contribution in [3.63, 3.8) is 0 Å². The molecule has 42 valence electrons. The molecule has 0 spiro atoms. The average molecular weight is 123 g/mol. The van der Waals surface area contributed by atoms with Gasteiger partial charge >= 0.3 is 0 Å². The Bertz CT molecular complexity index is 72.1. The molecule has 0 saturated heterocycles. The van der Waals surface area contributed by atoms with Crippen molar-refractivity contribution >= 4 is 17.4 Å². The molecule has 0 heterocycles. The molecule has 0 aromatic heterocycles. The number of alkyl halides is 1. The Labute approximate surface area is 47.1 Å². The van der Waals surface area contributed by atoms with Crippen molar-refractivity contribution in [1.29, 1.82) is 0 Å². The monoisotopic (exact) mass is 122 g/mol. The van der Waals surface area contributed by atoms with Crippen molar-refractivity contribution in [1.82, 2.24) is 0 Å². The number of hydrogen-bond donors (Lipinski definition) is 1. The third-order valence-electron chi connectivity index (χ3n) is 0.601. The van der Waals surface area contributed by atoms with E-state index in [1.54, 1.807) is 0 Å². The van der Waals surface area contributed by atoms with E-state index >= 15 is 0 Å². The second-order valence-corrected chi connectivity index (χ2v) is 1.79. The normalized spacial score (nSPS) is 13.6. The second-order valence-electron chi connectivity index (χ2n) is 1.26. The van der Waals surface area contributed by atoms with Crippen LogP contribution < -0.4 is 0 Å². The van der Waals surface area contributed by atoms with Gasteiger partial charge in [0.25, 0.3) is 0 Å². The summed E-state index contributed by atoms with van der Waals surface area (Å²) in [6.45, 7) is 1.07. The highest BCUT2D eigenvalue weighted by molar-refractivity contribution is 6.30. The van der Waals surface area contributed by atoms with Gasteiger partial charge in [-0.3, -0.25) is 4.79 Å². The van der Waals surface area contributed by atoms with E-state index in [-0.39, 0.29) is 12.4 Å². The summed E-state index contributed by atoms with van der Waals surface area (Å²) in [4.78, 5) is 10.1. The number of aliphatic hydroxyl groups excluding tert-OH is 1. The first-order valence-electron chi connectivity index (χ1n) is 1.94. The van der Waals surface area contributed by atoms with E-state index < -0.39 is 5.38 Å². The van der Waals surface area contributed by atoms with Crippen LogP contribution in [0.3, 0.4) is 0 Å². The van der Waals surface area contributed by atoms with E-state index in [0.29, 0.717) is 0 Å². The molecule has 7 heavy (non-hydrogen) atoms. The maximum atomic E-state index is 10.1. The molecule has 0 aliphatic carbocycles. The third-order valence-corrected chi connectivity index (χ3v) is 1.05. The maximum absolute atomic E-state index is 10.1. The minimum absolute atomic E-state index is 0.191. The molecule has 0 aliphatic rings. The highest BCUT2D eigenvalue weighted by Gasteiger charge is 2.05. The topological polar surface area (TPSA) is 37.3 Å². The molecule has 0 rings (SSSR count). The van der Waals surface area contributed by atoms with Gasteiger partial charge in [-0.05, 0) is 6.92 Å². The van der Waals surface area contributed by atoms with Crippen LogP contribution in [0.1, 0.15) is 6.92 Å². The Morgan fingerprint density at radius 2 is 2.43 bits per heavy atom. The molecule has 1 atom stereocenters. The molecule has 1 N–H and O–H groups in total. The minimum Gasteiger partial charge on any atom is -0.394 e. The molecule has 0 aromatic carbocycles. The number of halogens is 1. The van der Waals surface area contributed by atoms with E-state index in [9.17, 15) is 4.79 Å². The average Bonchev–Trinajstić information content (AvgIpc) is 1.65. The van der Waals surface area contributed by atoms with Crippen LogP contribution >= 0.6 is 11.6 Å². The number of hydrogen-bond acceptors (Lipinski definition) is 2. The lowest BCUT2D eigenvalue weighted by Crippen LogP contribution is -2.13. The summed E-state index contributed by atoms with van der Waals surface area (Å²) >= 11 is 5.20. The number of carbonyl (C=O) groups excluding carboxylic acids is 1. The van der Waals surface area contributed by atoms with Crippen molar-refractivity contribution in [3.05, 3.63) is 0 Å². The van der Waals surface area contributed by atoms with E-state index in [1.165, 1.54) is 6.92 Å². The molecule has 0 bridgehead atoms. The van der Waals surface area contributed by atoms with Gasteiger partial charge in [-0.25, -0.2) is 0 Å². The molecule has 0 radical (unpaired) electrons. The SMILES string of the molecule is CC(=O)C(Cl)CO. The Hall–Kier alpha value is -0.0800. The van der Waals surface area contributed by atoms with Crippen LogP contribution in [-0.4, -0.2) is 22.9 Å². The third kappa shape index (κ3) is 2.60. The fourth-order valence-corrected chi connectivity index (χ4v) is 0.129. The molecule has 0 fully saturated rings.